The lowest BCUT2D eigenvalue weighted by atomic mass is 9.97. The summed E-state index contributed by atoms with van der Waals surface area (Å²) >= 11 is 0. The Morgan fingerprint density at radius 3 is 2.64 bits per heavy atom. The Kier molecular flexibility index (Phi) is 4.11. The van der Waals surface area contributed by atoms with Crippen LogP contribution in [0.2, 0.25) is 0 Å². The molecule has 1 aromatic carbocycles. The Morgan fingerprint density at radius 2 is 2.00 bits per heavy atom. The fourth-order valence-corrected chi connectivity index (χ4v) is 1.44. The van der Waals surface area contributed by atoms with Gasteiger partial charge in [0.2, 0.25) is 0 Å². The maximum Gasteiger partial charge on any atom is 0.123 e. The summed E-state index contributed by atoms with van der Waals surface area (Å²) in [6, 6.07) is 8.28. The van der Waals surface area contributed by atoms with E-state index < -0.39 is 0 Å². The number of allylic oxidation sites excluding steroid dienone is 1. The Hall–Kier alpha value is -1.37. The molecule has 0 saturated heterocycles. The number of aldehydes is 1. The lowest BCUT2D eigenvalue weighted by molar-refractivity contribution is -0.107. The van der Waals surface area contributed by atoms with Crippen molar-refractivity contribution in [3.8, 4) is 0 Å². The number of carbonyl (C=O) groups is 1. The first-order chi connectivity index (χ1) is 6.75. The van der Waals surface area contributed by atoms with Crippen LogP contribution in [0.4, 0.5) is 0 Å². The van der Waals surface area contributed by atoms with Gasteiger partial charge in [0.1, 0.15) is 6.29 Å². The number of hydrogen-bond acceptors (Lipinski definition) is 1. The molecule has 0 saturated carbocycles. The van der Waals surface area contributed by atoms with E-state index in [4.69, 9.17) is 0 Å². The summed E-state index contributed by atoms with van der Waals surface area (Å²) in [5, 5.41) is 0. The largest absolute Gasteiger partial charge is 0.303 e. The molecular formula is C13H16O. The second-order valence-corrected chi connectivity index (χ2v) is 3.59. The van der Waals surface area contributed by atoms with Crippen LogP contribution in [0.1, 0.15) is 37.3 Å². The van der Waals surface area contributed by atoms with E-state index in [1.807, 2.05) is 24.3 Å². The molecule has 0 unspecified atom stereocenters. The smallest absolute Gasteiger partial charge is 0.123 e. The van der Waals surface area contributed by atoms with Crippen LogP contribution in [0.3, 0.4) is 0 Å². The molecule has 0 amide bonds. The molecule has 0 aliphatic carbocycles. The molecule has 74 valence electrons. The first kappa shape index (κ1) is 10.7. The summed E-state index contributed by atoms with van der Waals surface area (Å²) in [6.45, 7) is 4.35. The molecule has 0 spiro atoms. The monoisotopic (exact) mass is 188 g/mol. The highest BCUT2D eigenvalue weighted by molar-refractivity contribution is 5.60. The number of rotatable bonds is 4. The highest BCUT2D eigenvalue weighted by atomic mass is 16.1. The third-order valence-electron chi connectivity index (χ3n) is 2.15. The molecule has 0 fully saturated rings. The van der Waals surface area contributed by atoms with Crippen molar-refractivity contribution < 1.29 is 4.79 Å². The van der Waals surface area contributed by atoms with Crippen LogP contribution < -0.4 is 0 Å². The maximum absolute atomic E-state index is 10.2. The van der Waals surface area contributed by atoms with Crippen LogP contribution in [0.5, 0.6) is 0 Å². The zero-order valence-corrected chi connectivity index (χ0v) is 8.73. The Balaban J connectivity index is 2.89. The van der Waals surface area contributed by atoms with Crippen LogP contribution >= 0.6 is 0 Å². The van der Waals surface area contributed by atoms with Gasteiger partial charge in [-0.05, 0) is 17.0 Å². The van der Waals surface area contributed by atoms with Gasteiger partial charge in [-0.25, -0.2) is 0 Å². The second-order valence-electron chi connectivity index (χ2n) is 3.59. The quantitative estimate of drug-likeness (QED) is 0.662. The van der Waals surface area contributed by atoms with E-state index in [1.54, 1.807) is 0 Å². The van der Waals surface area contributed by atoms with E-state index in [-0.39, 0.29) is 0 Å². The lowest BCUT2D eigenvalue weighted by Gasteiger charge is -2.08. The highest BCUT2D eigenvalue weighted by Crippen LogP contribution is 2.20. The van der Waals surface area contributed by atoms with Crippen molar-refractivity contribution in [2.24, 2.45) is 0 Å². The molecule has 1 aromatic rings. The molecule has 1 heteroatoms. The van der Waals surface area contributed by atoms with Crippen molar-refractivity contribution in [2.75, 3.05) is 0 Å². The number of benzene rings is 1. The molecule has 1 nitrogen and oxygen atoms in total. The van der Waals surface area contributed by atoms with Crippen LogP contribution in [0, 0.1) is 0 Å². The second kappa shape index (κ2) is 5.38. The lowest BCUT2D eigenvalue weighted by Crippen LogP contribution is -1.90. The molecular weight excluding hydrogens is 172 g/mol. The van der Waals surface area contributed by atoms with Gasteiger partial charge in [-0.2, -0.15) is 0 Å². The predicted octanol–water partition coefficient (Wildman–Crippen LogP) is 3.41. The summed E-state index contributed by atoms with van der Waals surface area (Å²) in [6.07, 6.45) is 5.32. The van der Waals surface area contributed by atoms with Gasteiger partial charge < -0.3 is 4.79 Å². The maximum atomic E-state index is 10.2. The minimum absolute atomic E-state index is 0.492. The van der Waals surface area contributed by atoms with Crippen LogP contribution in [0.25, 0.3) is 6.08 Å². The topological polar surface area (TPSA) is 17.1 Å². The molecule has 0 bridgehead atoms. The van der Waals surface area contributed by atoms with Gasteiger partial charge >= 0.3 is 0 Å². The highest BCUT2D eigenvalue weighted by Gasteiger charge is 2.01. The molecule has 0 heterocycles. The fraction of sp³-hybridized carbons (Fsp3) is 0.308. The summed E-state index contributed by atoms with van der Waals surface area (Å²) in [5.74, 6) is 0.520. The van der Waals surface area contributed by atoms with E-state index >= 15 is 0 Å². The first-order valence-corrected chi connectivity index (χ1v) is 4.94. The van der Waals surface area contributed by atoms with Gasteiger partial charge in [-0.1, -0.05) is 50.3 Å². The average molecular weight is 188 g/mol. The van der Waals surface area contributed by atoms with Gasteiger partial charge in [0.05, 0.1) is 0 Å². The summed E-state index contributed by atoms with van der Waals surface area (Å²) in [7, 11) is 0. The average Bonchev–Trinajstić information content (AvgIpc) is 2.19. The van der Waals surface area contributed by atoms with E-state index in [0.29, 0.717) is 12.3 Å². The van der Waals surface area contributed by atoms with Crippen molar-refractivity contribution in [3.05, 3.63) is 41.5 Å². The third kappa shape index (κ3) is 2.84. The van der Waals surface area contributed by atoms with Crippen molar-refractivity contribution in [1.82, 2.24) is 0 Å². The number of hydrogen-bond donors (Lipinski definition) is 0. The third-order valence-corrected chi connectivity index (χ3v) is 2.15. The molecule has 0 N–H and O–H groups in total. The molecule has 0 aliphatic rings. The first-order valence-electron chi connectivity index (χ1n) is 4.94. The summed E-state index contributed by atoms with van der Waals surface area (Å²) in [5.41, 5.74) is 2.54. The van der Waals surface area contributed by atoms with E-state index in [9.17, 15) is 4.79 Å². The van der Waals surface area contributed by atoms with Gasteiger partial charge in [0, 0.05) is 6.42 Å². The van der Waals surface area contributed by atoms with Crippen molar-refractivity contribution >= 4 is 12.4 Å². The SMILES string of the molecule is CC(C)c1ccccc1C=CCC=O. The Morgan fingerprint density at radius 1 is 1.29 bits per heavy atom. The summed E-state index contributed by atoms with van der Waals surface area (Å²) in [4.78, 5) is 10.2. The summed E-state index contributed by atoms with van der Waals surface area (Å²) < 4.78 is 0. The van der Waals surface area contributed by atoms with Crippen molar-refractivity contribution in [1.29, 1.82) is 0 Å². The van der Waals surface area contributed by atoms with Gasteiger partial charge in [-0.3, -0.25) is 0 Å². The zero-order valence-electron chi connectivity index (χ0n) is 8.73. The van der Waals surface area contributed by atoms with Crippen LogP contribution in [-0.4, -0.2) is 6.29 Å². The minimum Gasteiger partial charge on any atom is -0.303 e. The van der Waals surface area contributed by atoms with Gasteiger partial charge in [0.25, 0.3) is 0 Å². The zero-order chi connectivity index (χ0) is 10.4. The fourth-order valence-electron chi connectivity index (χ4n) is 1.44. The predicted molar refractivity (Wildman–Crippen MR) is 60.2 cm³/mol. The van der Waals surface area contributed by atoms with Gasteiger partial charge in [0.15, 0.2) is 0 Å². The van der Waals surface area contributed by atoms with Crippen molar-refractivity contribution in [2.45, 2.75) is 26.2 Å². The van der Waals surface area contributed by atoms with E-state index in [2.05, 4.69) is 26.0 Å². The molecule has 0 atom stereocenters. The van der Waals surface area contributed by atoms with Crippen molar-refractivity contribution in [3.63, 3.8) is 0 Å². The Labute approximate surface area is 85.5 Å². The Bertz CT molecular complexity index is 324. The molecule has 0 radical (unpaired) electrons. The number of carbonyl (C=O) groups excluding carboxylic acids is 1. The molecule has 14 heavy (non-hydrogen) atoms. The van der Waals surface area contributed by atoms with Crippen LogP contribution in [0.15, 0.2) is 30.3 Å². The molecule has 1 rings (SSSR count). The molecule has 0 aromatic heterocycles. The minimum atomic E-state index is 0.492. The normalized spacial score (nSPS) is 11.1. The van der Waals surface area contributed by atoms with Gasteiger partial charge in [-0.15, -0.1) is 0 Å². The standard InChI is InChI=1S/C13H16O/c1-11(2)13-9-4-3-7-12(13)8-5-6-10-14/h3-5,7-11H,6H2,1-2H3. The van der Waals surface area contributed by atoms with E-state index in [0.717, 1.165) is 6.29 Å². The van der Waals surface area contributed by atoms with E-state index in [1.165, 1.54) is 11.1 Å². The van der Waals surface area contributed by atoms with Crippen LogP contribution in [-0.2, 0) is 4.79 Å². The molecule has 0 aliphatic heterocycles.